The summed E-state index contributed by atoms with van der Waals surface area (Å²) in [5, 5.41) is 4.01. The van der Waals surface area contributed by atoms with Gasteiger partial charge in [-0.05, 0) is 17.7 Å². The summed E-state index contributed by atoms with van der Waals surface area (Å²) in [6.45, 7) is 1.01. The van der Waals surface area contributed by atoms with Crippen molar-refractivity contribution in [1.82, 2.24) is 9.78 Å². The van der Waals surface area contributed by atoms with Crippen LogP contribution in [-0.2, 0) is 27.1 Å². The second-order valence-electron chi connectivity index (χ2n) is 4.48. The van der Waals surface area contributed by atoms with E-state index in [0.717, 1.165) is 0 Å². The van der Waals surface area contributed by atoms with Crippen molar-refractivity contribution in [1.29, 1.82) is 0 Å². The number of nitrogens with one attached hydrogen (secondary N) is 1. The molecule has 1 N–H and O–H groups in total. The van der Waals surface area contributed by atoms with Crippen molar-refractivity contribution in [2.24, 2.45) is 0 Å². The van der Waals surface area contributed by atoms with Gasteiger partial charge in [-0.2, -0.15) is 5.10 Å². The van der Waals surface area contributed by atoms with E-state index < -0.39 is 15.8 Å². The smallest absolute Gasteiger partial charge is 0.237 e. The minimum Gasteiger partial charge on any atom is -0.383 e. The Bertz CT molecular complexity index is 700. The van der Waals surface area contributed by atoms with Crippen molar-refractivity contribution >= 4 is 15.7 Å². The van der Waals surface area contributed by atoms with Gasteiger partial charge in [0.05, 0.1) is 30.8 Å². The van der Waals surface area contributed by atoms with Gasteiger partial charge in [0, 0.05) is 13.3 Å². The number of hydrogen-bond donors (Lipinski definition) is 1. The molecule has 2 aromatic rings. The van der Waals surface area contributed by atoms with Crippen molar-refractivity contribution < 1.29 is 17.5 Å². The molecule has 1 aromatic heterocycles. The third-order valence-corrected chi connectivity index (χ3v) is 3.94. The van der Waals surface area contributed by atoms with Crippen LogP contribution in [0.25, 0.3) is 0 Å². The molecule has 2 rings (SSSR count). The molecule has 21 heavy (non-hydrogen) atoms. The number of ether oxygens (including phenoxy) is 1. The number of benzene rings is 1. The van der Waals surface area contributed by atoms with Crippen LogP contribution in [0.1, 0.15) is 5.56 Å². The maximum absolute atomic E-state index is 13.1. The largest absolute Gasteiger partial charge is 0.383 e. The summed E-state index contributed by atoms with van der Waals surface area (Å²) in [6, 6.07) is 5.50. The highest BCUT2D eigenvalue weighted by atomic mass is 32.2. The lowest BCUT2D eigenvalue weighted by Gasteiger charge is -2.06. The molecular formula is C13H16FN3O3S. The van der Waals surface area contributed by atoms with Crippen LogP contribution in [0, 0.1) is 5.82 Å². The fraction of sp³-hybridized carbons (Fsp3) is 0.308. The van der Waals surface area contributed by atoms with E-state index in [2.05, 4.69) is 9.82 Å². The van der Waals surface area contributed by atoms with E-state index in [4.69, 9.17) is 4.74 Å². The average molecular weight is 313 g/mol. The third kappa shape index (κ3) is 4.83. The van der Waals surface area contributed by atoms with Crippen molar-refractivity contribution in [2.75, 3.05) is 18.4 Å². The Labute approximate surface area is 122 Å². The minimum absolute atomic E-state index is 0.298. The van der Waals surface area contributed by atoms with Gasteiger partial charge in [0.25, 0.3) is 0 Å². The van der Waals surface area contributed by atoms with Gasteiger partial charge >= 0.3 is 0 Å². The summed E-state index contributed by atoms with van der Waals surface area (Å²) in [5.41, 5.74) is 0.747. The van der Waals surface area contributed by atoms with Gasteiger partial charge in [-0.3, -0.25) is 9.40 Å². The van der Waals surface area contributed by atoms with Crippen LogP contribution in [0.2, 0.25) is 0 Å². The Morgan fingerprint density at radius 2 is 2.24 bits per heavy atom. The van der Waals surface area contributed by atoms with Gasteiger partial charge in [-0.1, -0.05) is 12.1 Å². The molecule has 6 nitrogen and oxygen atoms in total. The van der Waals surface area contributed by atoms with Crippen molar-refractivity contribution in [3.8, 4) is 0 Å². The fourth-order valence-corrected chi connectivity index (χ4v) is 2.94. The highest BCUT2D eigenvalue weighted by molar-refractivity contribution is 7.91. The summed E-state index contributed by atoms with van der Waals surface area (Å²) in [5.74, 6) is -0.760. The Morgan fingerprint density at radius 3 is 2.95 bits per heavy atom. The molecule has 0 amide bonds. The molecule has 114 valence electrons. The van der Waals surface area contributed by atoms with Crippen LogP contribution in [0.15, 0.2) is 36.7 Å². The Hall–Kier alpha value is -1.93. The molecule has 0 radical (unpaired) electrons. The standard InChI is InChI=1S/C13H16FN3O3S/c1-20-6-5-17-9-13(8-15-17)16-21(18,19)10-11-3-2-4-12(14)7-11/h2-4,7-9,16H,5-6,10H2,1H3. The van der Waals surface area contributed by atoms with E-state index in [1.165, 1.54) is 24.4 Å². The van der Waals surface area contributed by atoms with E-state index in [1.807, 2.05) is 0 Å². The van der Waals surface area contributed by atoms with Gasteiger partial charge in [0.2, 0.25) is 10.0 Å². The zero-order valence-corrected chi connectivity index (χ0v) is 12.3. The van der Waals surface area contributed by atoms with Crippen LogP contribution < -0.4 is 4.72 Å². The first-order chi connectivity index (χ1) is 9.98. The molecule has 0 aliphatic heterocycles. The maximum atomic E-state index is 13.1. The van der Waals surface area contributed by atoms with Crippen molar-refractivity contribution in [2.45, 2.75) is 12.3 Å². The zero-order chi connectivity index (χ0) is 15.3. The highest BCUT2D eigenvalue weighted by Crippen LogP contribution is 2.13. The van der Waals surface area contributed by atoms with Crippen molar-refractivity contribution in [3.63, 3.8) is 0 Å². The molecule has 1 aromatic carbocycles. The SMILES string of the molecule is COCCn1cc(NS(=O)(=O)Cc2cccc(F)c2)cn1. The molecule has 0 atom stereocenters. The van der Waals surface area contributed by atoms with Crippen LogP contribution >= 0.6 is 0 Å². The molecule has 0 spiro atoms. The first kappa shape index (κ1) is 15.5. The Morgan fingerprint density at radius 1 is 1.43 bits per heavy atom. The van der Waals surface area contributed by atoms with Crippen LogP contribution in [-0.4, -0.2) is 31.9 Å². The predicted molar refractivity (Wildman–Crippen MR) is 76.7 cm³/mol. The normalized spacial score (nSPS) is 11.5. The molecule has 0 unspecified atom stereocenters. The van der Waals surface area contributed by atoms with Crippen molar-refractivity contribution in [3.05, 3.63) is 48.0 Å². The molecule has 0 saturated heterocycles. The van der Waals surface area contributed by atoms with E-state index >= 15 is 0 Å². The van der Waals surface area contributed by atoms with Gasteiger partial charge in [-0.15, -0.1) is 0 Å². The summed E-state index contributed by atoms with van der Waals surface area (Å²) < 4.78 is 46.0. The Balaban J connectivity index is 2.02. The molecule has 1 heterocycles. The highest BCUT2D eigenvalue weighted by Gasteiger charge is 2.13. The number of nitrogens with zero attached hydrogens (tertiary/aromatic N) is 2. The number of halogens is 1. The van der Waals surface area contributed by atoms with Gasteiger partial charge in [-0.25, -0.2) is 12.8 Å². The molecule has 0 fully saturated rings. The molecule has 0 saturated carbocycles. The quantitative estimate of drug-likeness (QED) is 0.843. The maximum Gasteiger partial charge on any atom is 0.237 e. The van der Waals surface area contributed by atoms with E-state index in [1.54, 1.807) is 24.1 Å². The summed E-state index contributed by atoms with van der Waals surface area (Å²) in [6.07, 6.45) is 2.99. The predicted octanol–water partition coefficient (Wildman–Crippen LogP) is 1.61. The molecular weight excluding hydrogens is 297 g/mol. The first-order valence-electron chi connectivity index (χ1n) is 6.25. The lowest BCUT2D eigenvalue weighted by Crippen LogP contribution is -2.14. The molecule has 0 aliphatic carbocycles. The number of sulfonamides is 1. The summed E-state index contributed by atoms with van der Waals surface area (Å²) in [7, 11) is -2.04. The summed E-state index contributed by atoms with van der Waals surface area (Å²) in [4.78, 5) is 0. The Kier molecular flexibility index (Phi) is 4.92. The van der Waals surface area contributed by atoms with Gasteiger partial charge in [0.1, 0.15) is 5.82 Å². The van der Waals surface area contributed by atoms with Crippen LogP contribution in [0.5, 0.6) is 0 Å². The number of aromatic nitrogens is 2. The van der Waals surface area contributed by atoms with E-state index in [9.17, 15) is 12.8 Å². The number of anilines is 1. The van der Waals surface area contributed by atoms with Gasteiger partial charge < -0.3 is 4.74 Å². The molecule has 8 heteroatoms. The third-order valence-electron chi connectivity index (χ3n) is 2.68. The van der Waals surface area contributed by atoms with E-state index in [-0.39, 0.29) is 5.75 Å². The average Bonchev–Trinajstić information content (AvgIpc) is 2.82. The second kappa shape index (κ2) is 6.68. The molecule has 0 aliphatic rings. The molecule has 0 bridgehead atoms. The van der Waals surface area contributed by atoms with E-state index in [0.29, 0.717) is 24.4 Å². The zero-order valence-electron chi connectivity index (χ0n) is 11.5. The lowest BCUT2D eigenvalue weighted by molar-refractivity contribution is 0.183. The number of hydrogen-bond acceptors (Lipinski definition) is 4. The van der Waals surface area contributed by atoms with Gasteiger partial charge in [0.15, 0.2) is 0 Å². The topological polar surface area (TPSA) is 73.2 Å². The number of methoxy groups -OCH3 is 1. The number of rotatable bonds is 7. The first-order valence-corrected chi connectivity index (χ1v) is 7.90. The van der Waals surface area contributed by atoms with Crippen LogP contribution in [0.4, 0.5) is 10.1 Å². The monoisotopic (exact) mass is 313 g/mol. The summed E-state index contributed by atoms with van der Waals surface area (Å²) >= 11 is 0. The fourth-order valence-electron chi connectivity index (χ4n) is 1.79. The lowest BCUT2D eigenvalue weighted by atomic mass is 10.2. The second-order valence-corrected chi connectivity index (χ2v) is 6.20. The minimum atomic E-state index is -3.61. The van der Waals surface area contributed by atoms with Crippen LogP contribution in [0.3, 0.4) is 0 Å².